The van der Waals surface area contributed by atoms with Gasteiger partial charge in [0, 0.05) is 6.54 Å². The highest BCUT2D eigenvalue weighted by molar-refractivity contribution is 5.94. The van der Waals surface area contributed by atoms with Gasteiger partial charge in [-0.25, -0.2) is 4.98 Å². The fraction of sp³-hybridized carbons (Fsp3) is 0.385. The molecule has 1 aliphatic rings. The van der Waals surface area contributed by atoms with Gasteiger partial charge in [-0.05, 0) is 25.0 Å². The molecule has 20 heavy (non-hydrogen) atoms. The van der Waals surface area contributed by atoms with Crippen molar-refractivity contribution in [3.8, 4) is 0 Å². The molecule has 6 nitrogen and oxygen atoms in total. The second kappa shape index (κ2) is 6.21. The van der Waals surface area contributed by atoms with Crippen LogP contribution in [0, 0.1) is 0 Å². The first-order valence-electron chi connectivity index (χ1n) is 6.37. The summed E-state index contributed by atoms with van der Waals surface area (Å²) in [6.07, 6.45) is 1.09. The Bertz CT molecular complexity index is 568. The van der Waals surface area contributed by atoms with Gasteiger partial charge in [-0.15, -0.1) is 12.4 Å². The average molecular weight is 297 g/mol. The van der Waals surface area contributed by atoms with Crippen molar-refractivity contribution in [2.75, 3.05) is 11.9 Å². The number of nitrogens with two attached hydrogens (primary N) is 1. The molecule has 2 aromatic rings. The Morgan fingerprint density at radius 3 is 2.95 bits per heavy atom. The van der Waals surface area contributed by atoms with Crippen molar-refractivity contribution in [2.45, 2.75) is 25.0 Å². The van der Waals surface area contributed by atoms with Gasteiger partial charge in [-0.2, -0.15) is 0 Å². The highest BCUT2D eigenvalue weighted by atomic mass is 35.5. The summed E-state index contributed by atoms with van der Waals surface area (Å²) in [5.74, 6) is 0.279. The maximum absolute atomic E-state index is 12.0. The number of para-hydroxylation sites is 2. The predicted octanol–water partition coefficient (Wildman–Crippen LogP) is 1.43. The van der Waals surface area contributed by atoms with Crippen molar-refractivity contribution in [1.29, 1.82) is 0 Å². The molecule has 4 N–H and O–H groups in total. The van der Waals surface area contributed by atoms with Crippen molar-refractivity contribution in [1.82, 2.24) is 9.97 Å². The van der Waals surface area contributed by atoms with Gasteiger partial charge in [0.1, 0.15) is 6.10 Å². The van der Waals surface area contributed by atoms with E-state index >= 15 is 0 Å². The number of ether oxygens (including phenoxy) is 1. The van der Waals surface area contributed by atoms with E-state index in [2.05, 4.69) is 15.3 Å². The van der Waals surface area contributed by atoms with Gasteiger partial charge >= 0.3 is 0 Å². The molecular weight excluding hydrogens is 280 g/mol. The number of aromatic nitrogens is 2. The molecule has 1 amide bonds. The fourth-order valence-electron chi connectivity index (χ4n) is 2.28. The molecule has 1 aliphatic heterocycles. The summed E-state index contributed by atoms with van der Waals surface area (Å²) in [6.45, 7) is 0.453. The van der Waals surface area contributed by atoms with E-state index in [1.54, 1.807) is 0 Å². The Morgan fingerprint density at radius 2 is 2.25 bits per heavy atom. The van der Waals surface area contributed by atoms with E-state index in [0.29, 0.717) is 18.9 Å². The van der Waals surface area contributed by atoms with Gasteiger partial charge in [0.05, 0.1) is 17.1 Å². The first-order chi connectivity index (χ1) is 9.26. The number of nitrogens with zero attached hydrogens (tertiary/aromatic N) is 1. The van der Waals surface area contributed by atoms with Crippen LogP contribution in [0.4, 0.5) is 5.95 Å². The molecule has 0 spiro atoms. The molecule has 0 saturated carbocycles. The van der Waals surface area contributed by atoms with Gasteiger partial charge in [0.2, 0.25) is 5.95 Å². The number of carbonyl (C=O) groups is 1. The van der Waals surface area contributed by atoms with Crippen LogP contribution in [0.5, 0.6) is 0 Å². The highest BCUT2D eigenvalue weighted by Crippen LogP contribution is 2.20. The highest BCUT2D eigenvalue weighted by Gasteiger charge is 2.30. The molecule has 0 bridgehead atoms. The van der Waals surface area contributed by atoms with Crippen molar-refractivity contribution < 1.29 is 9.53 Å². The van der Waals surface area contributed by atoms with E-state index < -0.39 is 6.10 Å². The molecular formula is C13H17ClN4O2. The van der Waals surface area contributed by atoms with E-state index in [9.17, 15) is 4.79 Å². The zero-order valence-electron chi connectivity index (χ0n) is 10.8. The van der Waals surface area contributed by atoms with Crippen molar-refractivity contribution in [3.05, 3.63) is 24.3 Å². The molecule has 2 atom stereocenters. The van der Waals surface area contributed by atoms with Gasteiger partial charge in [0.15, 0.2) is 0 Å². The zero-order chi connectivity index (χ0) is 13.2. The van der Waals surface area contributed by atoms with Crippen molar-refractivity contribution in [2.24, 2.45) is 5.73 Å². The normalized spacial score (nSPS) is 21.6. The first-order valence-corrected chi connectivity index (χ1v) is 6.37. The monoisotopic (exact) mass is 296 g/mol. The van der Waals surface area contributed by atoms with Crippen LogP contribution in [-0.2, 0) is 9.53 Å². The molecule has 3 rings (SSSR count). The summed E-state index contributed by atoms with van der Waals surface area (Å²) < 4.78 is 5.54. The van der Waals surface area contributed by atoms with Crippen molar-refractivity contribution >= 4 is 35.3 Å². The summed E-state index contributed by atoms with van der Waals surface area (Å²) in [5.41, 5.74) is 7.24. The van der Waals surface area contributed by atoms with Crippen LogP contribution in [0.25, 0.3) is 11.0 Å². The van der Waals surface area contributed by atoms with E-state index in [0.717, 1.165) is 17.5 Å². The standard InChI is InChI=1S/C13H16N4O2.ClH/c14-7-8-5-6-11(19-8)12(18)17-13-15-9-3-1-2-4-10(9)16-13;/h1-4,8,11H,5-7,14H2,(H2,15,16,17,18);1H/t8-,11+;/m1./s1. The van der Waals surface area contributed by atoms with Crippen LogP contribution < -0.4 is 11.1 Å². The number of nitrogens with one attached hydrogen (secondary N) is 2. The van der Waals surface area contributed by atoms with Crippen LogP contribution in [0.3, 0.4) is 0 Å². The minimum absolute atomic E-state index is 0. The predicted molar refractivity (Wildman–Crippen MR) is 78.9 cm³/mol. The van der Waals surface area contributed by atoms with E-state index in [4.69, 9.17) is 10.5 Å². The summed E-state index contributed by atoms with van der Waals surface area (Å²) >= 11 is 0. The van der Waals surface area contributed by atoms with E-state index in [-0.39, 0.29) is 24.4 Å². The lowest BCUT2D eigenvalue weighted by Crippen LogP contribution is -2.30. The van der Waals surface area contributed by atoms with Crippen LogP contribution in [0.2, 0.25) is 0 Å². The van der Waals surface area contributed by atoms with Crippen LogP contribution in [0.15, 0.2) is 24.3 Å². The number of fused-ring (bicyclic) bond motifs is 1. The molecule has 1 aromatic heterocycles. The number of anilines is 1. The number of carbonyl (C=O) groups excluding carboxylic acids is 1. The lowest BCUT2D eigenvalue weighted by atomic mass is 10.2. The molecule has 108 valence electrons. The van der Waals surface area contributed by atoms with Crippen LogP contribution in [0.1, 0.15) is 12.8 Å². The number of H-pyrrole nitrogens is 1. The Kier molecular flexibility index (Phi) is 4.59. The number of benzene rings is 1. The number of imidazole rings is 1. The Labute approximate surface area is 122 Å². The van der Waals surface area contributed by atoms with Crippen molar-refractivity contribution in [3.63, 3.8) is 0 Å². The number of hydrogen-bond acceptors (Lipinski definition) is 4. The maximum Gasteiger partial charge on any atom is 0.255 e. The molecule has 2 heterocycles. The maximum atomic E-state index is 12.0. The van der Waals surface area contributed by atoms with E-state index in [1.165, 1.54) is 0 Å². The SMILES string of the molecule is Cl.NC[C@H]1CC[C@@H](C(=O)Nc2nc3ccccc3[nH]2)O1. The molecule has 1 aromatic carbocycles. The Morgan fingerprint density at radius 1 is 1.45 bits per heavy atom. The number of halogens is 1. The molecule has 0 aliphatic carbocycles. The minimum Gasteiger partial charge on any atom is -0.364 e. The first kappa shape index (κ1) is 14.8. The third-order valence-electron chi connectivity index (χ3n) is 3.29. The number of amides is 1. The zero-order valence-corrected chi connectivity index (χ0v) is 11.7. The Hall–Kier alpha value is -1.63. The summed E-state index contributed by atoms with van der Waals surface area (Å²) in [5, 5.41) is 2.75. The number of aromatic amines is 1. The Balaban J connectivity index is 0.00000147. The largest absolute Gasteiger partial charge is 0.364 e. The second-order valence-electron chi connectivity index (χ2n) is 4.65. The van der Waals surface area contributed by atoms with Gasteiger partial charge in [0.25, 0.3) is 5.91 Å². The third kappa shape index (κ3) is 2.92. The average Bonchev–Trinajstić information content (AvgIpc) is 3.04. The quantitative estimate of drug-likeness (QED) is 0.799. The summed E-state index contributed by atoms with van der Waals surface area (Å²) in [7, 11) is 0. The van der Waals surface area contributed by atoms with Gasteiger partial charge in [-0.1, -0.05) is 12.1 Å². The van der Waals surface area contributed by atoms with Crippen LogP contribution >= 0.6 is 12.4 Å². The smallest absolute Gasteiger partial charge is 0.255 e. The molecule has 7 heteroatoms. The summed E-state index contributed by atoms with van der Waals surface area (Å²) in [4.78, 5) is 19.4. The lowest BCUT2D eigenvalue weighted by Gasteiger charge is -2.11. The topological polar surface area (TPSA) is 93.0 Å². The number of hydrogen-bond donors (Lipinski definition) is 3. The molecule has 0 unspecified atom stereocenters. The second-order valence-corrected chi connectivity index (χ2v) is 4.65. The number of rotatable bonds is 3. The van der Waals surface area contributed by atoms with Crippen LogP contribution in [-0.4, -0.2) is 34.6 Å². The summed E-state index contributed by atoms with van der Waals surface area (Å²) in [6, 6.07) is 7.62. The van der Waals surface area contributed by atoms with E-state index in [1.807, 2.05) is 24.3 Å². The van der Waals surface area contributed by atoms with Gasteiger partial charge < -0.3 is 15.5 Å². The minimum atomic E-state index is -0.429. The molecule has 0 radical (unpaired) electrons. The van der Waals surface area contributed by atoms with Gasteiger partial charge in [-0.3, -0.25) is 10.1 Å². The third-order valence-corrected chi connectivity index (χ3v) is 3.29. The fourth-order valence-corrected chi connectivity index (χ4v) is 2.28. The lowest BCUT2D eigenvalue weighted by molar-refractivity contribution is -0.126. The molecule has 1 fully saturated rings. The molecule has 1 saturated heterocycles.